The second-order valence-corrected chi connectivity index (χ2v) is 5.04. The normalized spacial score (nSPS) is 27.6. The molecular formula is C12H25NO2. The van der Waals surface area contributed by atoms with Crippen LogP contribution < -0.4 is 5.32 Å². The maximum atomic E-state index is 9.29. The van der Waals surface area contributed by atoms with Crippen LogP contribution in [0.2, 0.25) is 0 Å². The van der Waals surface area contributed by atoms with E-state index in [1.54, 1.807) is 0 Å². The van der Waals surface area contributed by atoms with Crippen molar-refractivity contribution in [2.24, 2.45) is 5.41 Å². The molecule has 0 bridgehead atoms. The lowest BCUT2D eigenvalue weighted by molar-refractivity contribution is 0.0718. The van der Waals surface area contributed by atoms with Crippen molar-refractivity contribution in [3.8, 4) is 0 Å². The van der Waals surface area contributed by atoms with Gasteiger partial charge in [-0.15, -0.1) is 0 Å². The maximum absolute atomic E-state index is 9.29. The molecule has 0 aliphatic carbocycles. The number of aliphatic hydroxyl groups excluding tert-OH is 1. The topological polar surface area (TPSA) is 41.5 Å². The molecular weight excluding hydrogens is 190 g/mol. The van der Waals surface area contributed by atoms with Crippen LogP contribution in [0.3, 0.4) is 0 Å². The van der Waals surface area contributed by atoms with E-state index in [2.05, 4.69) is 26.1 Å². The fraction of sp³-hybridized carbons (Fsp3) is 1.00. The molecule has 0 amide bonds. The Bertz CT molecular complexity index is 174. The number of ether oxygens (including phenoxy) is 1. The van der Waals surface area contributed by atoms with Crippen LogP contribution in [0.1, 0.15) is 40.0 Å². The molecule has 3 atom stereocenters. The summed E-state index contributed by atoms with van der Waals surface area (Å²) < 4.78 is 5.62. The van der Waals surface area contributed by atoms with Crippen LogP contribution in [-0.4, -0.2) is 37.0 Å². The quantitative estimate of drug-likeness (QED) is 0.706. The van der Waals surface area contributed by atoms with E-state index in [-0.39, 0.29) is 12.0 Å². The largest absolute Gasteiger partial charge is 0.396 e. The van der Waals surface area contributed by atoms with E-state index < -0.39 is 0 Å². The Labute approximate surface area is 93.2 Å². The first kappa shape index (κ1) is 12.9. The van der Waals surface area contributed by atoms with Gasteiger partial charge in [0.1, 0.15) is 0 Å². The number of hydrogen-bond acceptors (Lipinski definition) is 3. The third kappa shape index (κ3) is 3.74. The zero-order chi connectivity index (χ0) is 11.3. The highest BCUT2D eigenvalue weighted by molar-refractivity contribution is 4.81. The third-order valence-electron chi connectivity index (χ3n) is 3.61. The van der Waals surface area contributed by atoms with Gasteiger partial charge in [-0.1, -0.05) is 13.8 Å². The van der Waals surface area contributed by atoms with E-state index in [1.165, 1.54) is 6.42 Å². The van der Waals surface area contributed by atoms with Gasteiger partial charge in [0.25, 0.3) is 0 Å². The number of nitrogens with one attached hydrogen (secondary N) is 1. The highest BCUT2D eigenvalue weighted by Crippen LogP contribution is 2.20. The molecule has 15 heavy (non-hydrogen) atoms. The summed E-state index contributed by atoms with van der Waals surface area (Å²) in [4.78, 5) is 0. The molecule has 1 aliphatic heterocycles. The summed E-state index contributed by atoms with van der Waals surface area (Å²) in [6.07, 6.45) is 3.71. The molecule has 1 aliphatic rings. The third-order valence-corrected chi connectivity index (χ3v) is 3.61. The first-order valence-electron chi connectivity index (χ1n) is 6.07. The van der Waals surface area contributed by atoms with Gasteiger partial charge in [0.15, 0.2) is 0 Å². The van der Waals surface area contributed by atoms with Gasteiger partial charge in [0.05, 0.1) is 6.10 Å². The molecule has 1 rings (SSSR count). The van der Waals surface area contributed by atoms with Gasteiger partial charge in [-0.3, -0.25) is 0 Å². The summed E-state index contributed by atoms with van der Waals surface area (Å²) in [7, 11) is 0. The standard InChI is InChI=1S/C12H25NO2/c1-4-12(3,9-14)8-13-10(2)11-6-5-7-15-11/h10-11,13-14H,4-9H2,1-3H3. The predicted octanol–water partition coefficient (Wildman–Crippen LogP) is 1.55. The Hall–Kier alpha value is -0.120. The minimum Gasteiger partial charge on any atom is -0.396 e. The molecule has 3 heteroatoms. The monoisotopic (exact) mass is 215 g/mol. The summed E-state index contributed by atoms with van der Waals surface area (Å²) in [6, 6.07) is 0.393. The van der Waals surface area contributed by atoms with Crippen LogP contribution in [-0.2, 0) is 4.74 Å². The van der Waals surface area contributed by atoms with E-state index in [0.717, 1.165) is 26.0 Å². The molecule has 1 saturated heterocycles. The average molecular weight is 215 g/mol. The van der Waals surface area contributed by atoms with Gasteiger partial charge in [-0.05, 0) is 26.2 Å². The summed E-state index contributed by atoms with van der Waals surface area (Å²) in [5.41, 5.74) is 0.00681. The first-order valence-corrected chi connectivity index (χ1v) is 6.07. The summed E-state index contributed by atoms with van der Waals surface area (Å²) >= 11 is 0. The Morgan fingerprint density at radius 3 is 2.80 bits per heavy atom. The Morgan fingerprint density at radius 2 is 2.33 bits per heavy atom. The van der Waals surface area contributed by atoms with E-state index in [1.807, 2.05) is 0 Å². The highest BCUT2D eigenvalue weighted by Gasteiger charge is 2.26. The van der Waals surface area contributed by atoms with Gasteiger partial charge in [0, 0.05) is 31.2 Å². The summed E-state index contributed by atoms with van der Waals surface area (Å²) in [5.74, 6) is 0. The lowest BCUT2D eigenvalue weighted by Crippen LogP contribution is -2.43. The molecule has 90 valence electrons. The van der Waals surface area contributed by atoms with E-state index in [9.17, 15) is 5.11 Å². The smallest absolute Gasteiger partial charge is 0.0726 e. The minimum absolute atomic E-state index is 0.00681. The van der Waals surface area contributed by atoms with Crippen molar-refractivity contribution in [1.29, 1.82) is 0 Å². The van der Waals surface area contributed by atoms with Crippen LogP contribution in [0.4, 0.5) is 0 Å². The van der Waals surface area contributed by atoms with E-state index in [0.29, 0.717) is 12.1 Å². The van der Waals surface area contributed by atoms with Crippen molar-refractivity contribution in [3.63, 3.8) is 0 Å². The van der Waals surface area contributed by atoms with Crippen molar-refractivity contribution in [3.05, 3.63) is 0 Å². The van der Waals surface area contributed by atoms with Crippen molar-refractivity contribution in [2.75, 3.05) is 19.8 Å². The number of hydrogen-bond donors (Lipinski definition) is 2. The molecule has 0 spiro atoms. The molecule has 1 heterocycles. The van der Waals surface area contributed by atoms with Crippen molar-refractivity contribution in [1.82, 2.24) is 5.32 Å². The molecule has 0 saturated carbocycles. The Morgan fingerprint density at radius 1 is 1.60 bits per heavy atom. The molecule has 2 N–H and O–H groups in total. The minimum atomic E-state index is 0.00681. The zero-order valence-electron chi connectivity index (χ0n) is 10.3. The fourth-order valence-electron chi connectivity index (χ4n) is 1.83. The average Bonchev–Trinajstić information content (AvgIpc) is 2.79. The molecule has 1 fully saturated rings. The van der Waals surface area contributed by atoms with Crippen LogP contribution in [0, 0.1) is 5.41 Å². The number of aliphatic hydroxyl groups is 1. The molecule has 0 radical (unpaired) electrons. The van der Waals surface area contributed by atoms with Gasteiger partial charge in [0.2, 0.25) is 0 Å². The Kier molecular flexibility index (Phi) is 5.03. The van der Waals surface area contributed by atoms with Crippen LogP contribution in [0.5, 0.6) is 0 Å². The first-order chi connectivity index (χ1) is 7.11. The van der Waals surface area contributed by atoms with Gasteiger partial charge >= 0.3 is 0 Å². The lowest BCUT2D eigenvalue weighted by Gasteiger charge is -2.29. The van der Waals surface area contributed by atoms with Crippen molar-refractivity contribution < 1.29 is 9.84 Å². The van der Waals surface area contributed by atoms with Crippen LogP contribution in [0.15, 0.2) is 0 Å². The summed E-state index contributed by atoms with van der Waals surface area (Å²) in [6.45, 7) is 8.41. The van der Waals surface area contributed by atoms with Crippen LogP contribution in [0.25, 0.3) is 0 Å². The van der Waals surface area contributed by atoms with Crippen molar-refractivity contribution >= 4 is 0 Å². The highest BCUT2D eigenvalue weighted by atomic mass is 16.5. The zero-order valence-corrected chi connectivity index (χ0v) is 10.3. The van der Waals surface area contributed by atoms with Gasteiger partial charge < -0.3 is 15.2 Å². The van der Waals surface area contributed by atoms with Crippen molar-refractivity contribution in [2.45, 2.75) is 52.2 Å². The molecule has 0 aromatic heterocycles. The maximum Gasteiger partial charge on any atom is 0.0726 e. The molecule has 0 aromatic carbocycles. The second kappa shape index (κ2) is 5.83. The molecule has 3 unspecified atom stereocenters. The SMILES string of the molecule is CCC(C)(CO)CNC(C)C1CCCO1. The second-order valence-electron chi connectivity index (χ2n) is 5.04. The fourth-order valence-corrected chi connectivity index (χ4v) is 1.83. The van der Waals surface area contributed by atoms with Gasteiger partial charge in [-0.2, -0.15) is 0 Å². The van der Waals surface area contributed by atoms with E-state index >= 15 is 0 Å². The molecule has 0 aromatic rings. The Balaban J connectivity index is 2.28. The van der Waals surface area contributed by atoms with Gasteiger partial charge in [-0.25, -0.2) is 0 Å². The summed E-state index contributed by atoms with van der Waals surface area (Å²) in [5, 5.41) is 12.8. The van der Waals surface area contributed by atoms with E-state index in [4.69, 9.17) is 4.74 Å². The predicted molar refractivity (Wildman–Crippen MR) is 61.9 cm³/mol. The number of rotatable bonds is 6. The lowest BCUT2D eigenvalue weighted by atomic mass is 9.88. The van der Waals surface area contributed by atoms with Crippen LogP contribution >= 0.6 is 0 Å². The molecule has 3 nitrogen and oxygen atoms in total.